The van der Waals surface area contributed by atoms with E-state index in [1.807, 2.05) is 31.3 Å². The first-order valence-electron chi connectivity index (χ1n) is 8.15. The molecule has 0 saturated heterocycles. The third-order valence-corrected chi connectivity index (χ3v) is 4.10. The van der Waals surface area contributed by atoms with Crippen molar-refractivity contribution in [3.8, 4) is 0 Å². The van der Waals surface area contributed by atoms with E-state index in [1.54, 1.807) is 29.2 Å². The number of carbonyl (C=O) groups excluding carboxylic acids is 1. The number of nitrogens with zero attached hydrogens (tertiary/aromatic N) is 1. The Labute approximate surface area is 141 Å². The maximum absolute atomic E-state index is 13.1. The molecule has 0 aliphatic carbocycles. The van der Waals surface area contributed by atoms with Crippen LogP contribution in [0, 0.1) is 5.82 Å². The van der Waals surface area contributed by atoms with Gasteiger partial charge in [-0.3, -0.25) is 9.69 Å². The molecule has 0 fully saturated rings. The Morgan fingerprint density at radius 3 is 2.54 bits per heavy atom. The highest BCUT2D eigenvalue weighted by atomic mass is 19.1. The molecule has 0 aromatic heterocycles. The number of allylic oxidation sites excluding steroid dienone is 1. The average molecular weight is 325 g/mol. The molecule has 1 heterocycles. The molecule has 0 radical (unpaired) electrons. The summed E-state index contributed by atoms with van der Waals surface area (Å²) in [7, 11) is 0. The van der Waals surface area contributed by atoms with Gasteiger partial charge in [-0.25, -0.2) is 4.39 Å². The summed E-state index contributed by atoms with van der Waals surface area (Å²) in [5.41, 5.74) is 2.56. The van der Waals surface area contributed by atoms with Gasteiger partial charge in [0.2, 0.25) is 0 Å². The van der Waals surface area contributed by atoms with Crippen molar-refractivity contribution in [3.05, 3.63) is 77.7 Å². The van der Waals surface area contributed by atoms with Crippen molar-refractivity contribution in [2.24, 2.45) is 0 Å². The summed E-state index contributed by atoms with van der Waals surface area (Å²) in [6, 6.07) is 15.5. The molecule has 124 valence electrons. The molecule has 0 unspecified atom stereocenters. The Morgan fingerprint density at radius 2 is 1.88 bits per heavy atom. The number of halogens is 1. The first kappa shape index (κ1) is 16.4. The van der Waals surface area contributed by atoms with Crippen LogP contribution in [0.5, 0.6) is 0 Å². The van der Waals surface area contributed by atoms with Crippen LogP contribution in [-0.4, -0.2) is 23.6 Å². The van der Waals surface area contributed by atoms with Crippen LogP contribution < -0.4 is 0 Å². The first-order valence-corrected chi connectivity index (χ1v) is 8.15. The van der Waals surface area contributed by atoms with E-state index >= 15 is 0 Å². The maximum Gasteiger partial charge on any atom is 0.259 e. The van der Waals surface area contributed by atoms with Crippen LogP contribution in [0.15, 0.2) is 60.8 Å². The fraction of sp³-hybridized carbons (Fsp3) is 0.250. The summed E-state index contributed by atoms with van der Waals surface area (Å²) in [5.74, 6) is -0.354. The normalized spacial score (nSPS) is 17.5. The second-order valence-corrected chi connectivity index (χ2v) is 5.69. The van der Waals surface area contributed by atoms with E-state index in [1.165, 1.54) is 12.1 Å². The average Bonchev–Trinajstić information content (AvgIpc) is 2.63. The van der Waals surface area contributed by atoms with Gasteiger partial charge in [0.15, 0.2) is 0 Å². The largest absolute Gasteiger partial charge is 0.358 e. The van der Waals surface area contributed by atoms with Gasteiger partial charge in [0, 0.05) is 18.4 Å². The molecule has 1 aliphatic rings. The molecule has 0 spiro atoms. The van der Waals surface area contributed by atoms with Crippen molar-refractivity contribution in [1.29, 1.82) is 0 Å². The number of carbonyl (C=O) groups is 1. The van der Waals surface area contributed by atoms with E-state index < -0.39 is 0 Å². The van der Waals surface area contributed by atoms with Gasteiger partial charge < -0.3 is 4.74 Å². The van der Waals surface area contributed by atoms with Crippen LogP contribution >= 0.6 is 0 Å². The Balaban J connectivity index is 1.92. The number of hydrogen-bond acceptors (Lipinski definition) is 2. The molecule has 0 N–H and O–H groups in total. The number of ether oxygens (including phenoxy) is 1. The molecular weight excluding hydrogens is 305 g/mol. The molecule has 24 heavy (non-hydrogen) atoms. The van der Waals surface area contributed by atoms with Gasteiger partial charge in [-0.2, -0.15) is 0 Å². The fourth-order valence-corrected chi connectivity index (χ4v) is 2.89. The SMILES string of the molecule is CCO[C@@H]1CCC(c2ccc(F)cc2)=CN1C(=O)c1ccccc1. The van der Waals surface area contributed by atoms with Crippen LogP contribution in [0.3, 0.4) is 0 Å². The topological polar surface area (TPSA) is 29.5 Å². The van der Waals surface area contributed by atoms with Crippen molar-refractivity contribution in [2.45, 2.75) is 26.0 Å². The summed E-state index contributed by atoms with van der Waals surface area (Å²) in [6.07, 6.45) is 3.07. The van der Waals surface area contributed by atoms with Crippen LogP contribution in [0.2, 0.25) is 0 Å². The Morgan fingerprint density at radius 1 is 1.17 bits per heavy atom. The summed E-state index contributed by atoms with van der Waals surface area (Å²) in [5, 5.41) is 0. The zero-order valence-electron chi connectivity index (χ0n) is 13.6. The Hall–Kier alpha value is -2.46. The molecule has 1 amide bonds. The molecule has 0 bridgehead atoms. The predicted octanol–water partition coefficient (Wildman–Crippen LogP) is 4.47. The lowest BCUT2D eigenvalue weighted by Crippen LogP contribution is -2.40. The third-order valence-electron chi connectivity index (χ3n) is 4.10. The Bertz CT molecular complexity index is 725. The predicted molar refractivity (Wildman–Crippen MR) is 91.6 cm³/mol. The van der Waals surface area contributed by atoms with Gasteiger partial charge in [0.25, 0.3) is 5.91 Å². The Kier molecular flexibility index (Phi) is 5.06. The number of benzene rings is 2. The lowest BCUT2D eigenvalue weighted by molar-refractivity contribution is -0.0285. The molecule has 1 atom stereocenters. The smallest absolute Gasteiger partial charge is 0.259 e. The van der Waals surface area contributed by atoms with Crippen molar-refractivity contribution >= 4 is 11.5 Å². The highest BCUT2D eigenvalue weighted by Crippen LogP contribution is 2.30. The third kappa shape index (κ3) is 3.54. The highest BCUT2D eigenvalue weighted by Gasteiger charge is 2.28. The molecule has 3 nitrogen and oxygen atoms in total. The number of amides is 1. The van der Waals surface area contributed by atoms with Crippen molar-refractivity contribution in [1.82, 2.24) is 4.90 Å². The van der Waals surface area contributed by atoms with Crippen LogP contribution in [0.1, 0.15) is 35.7 Å². The van der Waals surface area contributed by atoms with Crippen LogP contribution in [0.25, 0.3) is 5.57 Å². The van der Waals surface area contributed by atoms with Gasteiger partial charge in [-0.05, 0) is 55.2 Å². The summed E-state index contributed by atoms with van der Waals surface area (Å²) in [4.78, 5) is 14.5. The van der Waals surface area contributed by atoms with Crippen molar-refractivity contribution in [2.75, 3.05) is 6.61 Å². The van der Waals surface area contributed by atoms with Gasteiger partial charge in [-0.1, -0.05) is 30.3 Å². The quantitative estimate of drug-likeness (QED) is 0.830. The summed E-state index contributed by atoms with van der Waals surface area (Å²) in [6.45, 7) is 2.47. The molecule has 2 aromatic rings. The van der Waals surface area contributed by atoms with Crippen molar-refractivity contribution < 1.29 is 13.9 Å². The zero-order valence-corrected chi connectivity index (χ0v) is 13.6. The van der Waals surface area contributed by atoms with Gasteiger partial charge in [-0.15, -0.1) is 0 Å². The standard InChI is InChI=1S/C20H20FNO2/c1-2-24-19-13-10-17(15-8-11-18(21)12-9-15)14-22(19)20(23)16-6-4-3-5-7-16/h3-9,11-12,14,19H,2,10,13H2,1H3/t19-/m1/s1. The van der Waals surface area contributed by atoms with Gasteiger partial charge >= 0.3 is 0 Å². The minimum Gasteiger partial charge on any atom is -0.358 e. The molecule has 1 aliphatic heterocycles. The first-order chi connectivity index (χ1) is 11.7. The molecule has 0 saturated carbocycles. The highest BCUT2D eigenvalue weighted by molar-refractivity contribution is 5.96. The molecule has 2 aromatic carbocycles. The monoisotopic (exact) mass is 325 g/mol. The van der Waals surface area contributed by atoms with E-state index in [4.69, 9.17) is 4.74 Å². The van der Waals surface area contributed by atoms with E-state index in [-0.39, 0.29) is 18.0 Å². The molecule has 4 heteroatoms. The van der Waals surface area contributed by atoms with Crippen LogP contribution in [-0.2, 0) is 4.74 Å². The fourth-order valence-electron chi connectivity index (χ4n) is 2.89. The lowest BCUT2D eigenvalue weighted by Gasteiger charge is -2.33. The van der Waals surface area contributed by atoms with E-state index in [9.17, 15) is 9.18 Å². The zero-order chi connectivity index (χ0) is 16.9. The van der Waals surface area contributed by atoms with E-state index in [0.717, 1.165) is 24.0 Å². The van der Waals surface area contributed by atoms with E-state index in [0.29, 0.717) is 12.2 Å². The van der Waals surface area contributed by atoms with Gasteiger partial charge in [0.05, 0.1) is 0 Å². The molecular formula is C20H20FNO2. The van der Waals surface area contributed by atoms with Crippen molar-refractivity contribution in [3.63, 3.8) is 0 Å². The summed E-state index contributed by atoms with van der Waals surface area (Å²) < 4.78 is 18.9. The summed E-state index contributed by atoms with van der Waals surface area (Å²) >= 11 is 0. The maximum atomic E-state index is 13.1. The number of rotatable bonds is 4. The second-order valence-electron chi connectivity index (χ2n) is 5.69. The molecule has 3 rings (SSSR count). The van der Waals surface area contributed by atoms with E-state index in [2.05, 4.69) is 0 Å². The van der Waals surface area contributed by atoms with Crippen LogP contribution in [0.4, 0.5) is 4.39 Å². The lowest BCUT2D eigenvalue weighted by atomic mass is 9.98. The van der Waals surface area contributed by atoms with Gasteiger partial charge in [0.1, 0.15) is 12.0 Å². The second kappa shape index (κ2) is 7.41. The number of hydrogen-bond donors (Lipinski definition) is 0. The minimum absolute atomic E-state index is 0.0895. The minimum atomic E-state index is -0.271.